The Bertz CT molecular complexity index is 363. The quantitative estimate of drug-likeness (QED) is 0.576. The van der Waals surface area contributed by atoms with Crippen LogP contribution in [0.3, 0.4) is 0 Å². The van der Waals surface area contributed by atoms with Crippen molar-refractivity contribution >= 4 is 17.1 Å². The van der Waals surface area contributed by atoms with Gasteiger partial charge < -0.3 is 0 Å². The summed E-state index contributed by atoms with van der Waals surface area (Å²) in [6.07, 6.45) is 3.58. The maximum absolute atomic E-state index is 11.8. The largest absolute Gasteiger partial charge is 0.288 e. The fourth-order valence-electron chi connectivity index (χ4n) is 1.21. The molecule has 0 unspecified atom stereocenters. The number of carbonyl (C=O) groups is 1. The predicted molar refractivity (Wildman–Crippen MR) is 64.5 cm³/mol. The lowest BCUT2D eigenvalue weighted by atomic mass is 10.1. The van der Waals surface area contributed by atoms with Crippen molar-refractivity contribution in [3.05, 3.63) is 28.2 Å². The van der Waals surface area contributed by atoms with E-state index in [1.807, 2.05) is 6.08 Å². The molecule has 0 aliphatic carbocycles. The summed E-state index contributed by atoms with van der Waals surface area (Å²) in [6.45, 7) is 8.22. The second-order valence-electron chi connectivity index (χ2n) is 4.19. The van der Waals surface area contributed by atoms with Crippen molar-refractivity contribution in [3.63, 3.8) is 0 Å². The van der Waals surface area contributed by atoms with Crippen LogP contribution in [0.4, 0.5) is 0 Å². The zero-order valence-electron chi connectivity index (χ0n) is 9.65. The van der Waals surface area contributed by atoms with E-state index in [0.29, 0.717) is 11.8 Å². The number of hydrogen-bond donors (Lipinski definition) is 0. The first-order valence-electron chi connectivity index (χ1n) is 5.18. The van der Waals surface area contributed by atoms with Gasteiger partial charge in [0.25, 0.3) is 0 Å². The first kappa shape index (κ1) is 12.1. The van der Waals surface area contributed by atoms with Crippen LogP contribution in [0.2, 0.25) is 0 Å². The summed E-state index contributed by atoms with van der Waals surface area (Å²) in [4.78, 5) is 16.8. The van der Waals surface area contributed by atoms with E-state index >= 15 is 0 Å². The van der Waals surface area contributed by atoms with Gasteiger partial charge in [-0.15, -0.1) is 11.3 Å². The summed E-state index contributed by atoms with van der Waals surface area (Å²) in [5, 5.41) is 0. The number of rotatable bonds is 4. The summed E-state index contributed by atoms with van der Waals surface area (Å²) in [7, 11) is 0. The van der Waals surface area contributed by atoms with Gasteiger partial charge >= 0.3 is 0 Å². The summed E-state index contributed by atoms with van der Waals surface area (Å²) in [5.74, 6) is 0.793. The van der Waals surface area contributed by atoms with E-state index in [0.717, 1.165) is 10.6 Å². The lowest BCUT2D eigenvalue weighted by Gasteiger charge is -2.02. The fourth-order valence-corrected chi connectivity index (χ4v) is 2.07. The molecule has 0 spiro atoms. The second-order valence-corrected chi connectivity index (χ2v) is 5.04. The lowest BCUT2D eigenvalue weighted by molar-refractivity contribution is 0.104. The Labute approximate surface area is 95.0 Å². The van der Waals surface area contributed by atoms with E-state index < -0.39 is 0 Å². The summed E-state index contributed by atoms with van der Waals surface area (Å²) in [5.41, 5.74) is 2.66. The Morgan fingerprint density at radius 1 is 1.40 bits per heavy atom. The summed E-state index contributed by atoms with van der Waals surface area (Å²) < 4.78 is 0. The molecule has 0 N–H and O–H groups in total. The molecule has 1 aromatic heterocycles. The van der Waals surface area contributed by atoms with Gasteiger partial charge in [0, 0.05) is 0 Å². The lowest BCUT2D eigenvalue weighted by Crippen LogP contribution is -1.99. The molecule has 3 heteroatoms. The Morgan fingerprint density at radius 2 is 2.07 bits per heavy atom. The van der Waals surface area contributed by atoms with Crippen molar-refractivity contribution in [1.82, 2.24) is 4.98 Å². The van der Waals surface area contributed by atoms with Crippen LogP contribution in [0.25, 0.3) is 0 Å². The minimum absolute atomic E-state index is 0.0786. The van der Waals surface area contributed by atoms with E-state index in [4.69, 9.17) is 0 Å². The molecule has 0 aromatic carbocycles. The van der Waals surface area contributed by atoms with Crippen molar-refractivity contribution in [1.29, 1.82) is 0 Å². The number of thiazole rings is 1. The molecule has 0 saturated carbocycles. The highest BCUT2D eigenvalue weighted by Crippen LogP contribution is 2.22. The number of hydrogen-bond acceptors (Lipinski definition) is 3. The van der Waals surface area contributed by atoms with E-state index in [-0.39, 0.29) is 5.78 Å². The van der Waals surface area contributed by atoms with Crippen LogP contribution >= 0.6 is 11.3 Å². The topological polar surface area (TPSA) is 30.0 Å². The Balaban J connectivity index is 2.87. The van der Waals surface area contributed by atoms with Gasteiger partial charge in [-0.25, -0.2) is 4.98 Å². The van der Waals surface area contributed by atoms with Crippen LogP contribution in [0.5, 0.6) is 0 Å². The second kappa shape index (κ2) is 5.21. The van der Waals surface area contributed by atoms with Gasteiger partial charge in [0.2, 0.25) is 0 Å². The molecule has 0 atom stereocenters. The average molecular weight is 223 g/mol. The molecule has 1 aromatic rings. The van der Waals surface area contributed by atoms with Crippen LogP contribution < -0.4 is 0 Å². The third kappa shape index (κ3) is 3.27. The molecule has 0 bridgehead atoms. The first-order valence-corrected chi connectivity index (χ1v) is 6.06. The van der Waals surface area contributed by atoms with Crippen molar-refractivity contribution in [2.24, 2.45) is 5.92 Å². The van der Waals surface area contributed by atoms with Gasteiger partial charge in [-0.05, 0) is 17.9 Å². The molecule has 0 saturated heterocycles. The highest BCUT2D eigenvalue weighted by atomic mass is 32.1. The molecule has 0 aliphatic heterocycles. The SMILES string of the molecule is CC(C)/C=C/C(=O)c1scnc1C(C)C. The molecule has 1 heterocycles. The summed E-state index contributed by atoms with van der Waals surface area (Å²) >= 11 is 1.43. The van der Waals surface area contributed by atoms with E-state index in [2.05, 4.69) is 32.7 Å². The van der Waals surface area contributed by atoms with E-state index in [9.17, 15) is 4.79 Å². The maximum Gasteiger partial charge on any atom is 0.197 e. The highest BCUT2D eigenvalue weighted by Gasteiger charge is 2.14. The van der Waals surface area contributed by atoms with E-state index in [1.54, 1.807) is 11.6 Å². The van der Waals surface area contributed by atoms with Gasteiger partial charge in [0.05, 0.1) is 16.1 Å². The third-order valence-corrected chi connectivity index (χ3v) is 2.85. The molecule has 0 aliphatic rings. The number of aromatic nitrogens is 1. The Hall–Kier alpha value is -0.960. The zero-order valence-corrected chi connectivity index (χ0v) is 10.5. The third-order valence-electron chi connectivity index (χ3n) is 2.00. The Morgan fingerprint density at radius 3 is 2.60 bits per heavy atom. The van der Waals surface area contributed by atoms with Gasteiger partial charge in [0.15, 0.2) is 5.78 Å². The minimum Gasteiger partial charge on any atom is -0.288 e. The van der Waals surface area contributed by atoms with Crippen LogP contribution in [0, 0.1) is 5.92 Å². The van der Waals surface area contributed by atoms with Crippen LogP contribution in [0.1, 0.15) is 49.0 Å². The van der Waals surface area contributed by atoms with Gasteiger partial charge in [0.1, 0.15) is 0 Å². The molecule has 15 heavy (non-hydrogen) atoms. The number of nitrogens with zero attached hydrogens (tertiary/aromatic N) is 1. The molecule has 2 nitrogen and oxygen atoms in total. The van der Waals surface area contributed by atoms with Crippen molar-refractivity contribution < 1.29 is 4.79 Å². The van der Waals surface area contributed by atoms with Crippen LogP contribution in [-0.4, -0.2) is 10.8 Å². The number of carbonyl (C=O) groups excluding carboxylic acids is 1. The average Bonchev–Trinajstić information content (AvgIpc) is 2.62. The Kier molecular flexibility index (Phi) is 4.21. The number of allylic oxidation sites excluding steroid dienone is 2. The maximum atomic E-state index is 11.8. The van der Waals surface area contributed by atoms with Crippen molar-refractivity contribution in [2.45, 2.75) is 33.6 Å². The smallest absolute Gasteiger partial charge is 0.197 e. The standard InChI is InChI=1S/C12H17NOS/c1-8(2)5-6-10(14)12-11(9(3)4)13-7-15-12/h5-9H,1-4H3/b6-5+. The monoisotopic (exact) mass is 223 g/mol. The fraction of sp³-hybridized carbons (Fsp3) is 0.500. The molecule has 1 rings (SSSR count). The molecule has 82 valence electrons. The van der Waals surface area contributed by atoms with Gasteiger partial charge in [-0.3, -0.25) is 4.79 Å². The summed E-state index contributed by atoms with van der Waals surface area (Å²) in [6, 6.07) is 0. The first-order chi connectivity index (χ1) is 7.02. The molecular weight excluding hydrogens is 206 g/mol. The molecular formula is C12H17NOS. The molecule has 0 radical (unpaired) electrons. The van der Waals surface area contributed by atoms with Crippen molar-refractivity contribution in [2.75, 3.05) is 0 Å². The number of ketones is 1. The highest BCUT2D eigenvalue weighted by molar-refractivity contribution is 7.12. The predicted octanol–water partition coefficient (Wildman–Crippen LogP) is 3.66. The van der Waals surface area contributed by atoms with Gasteiger partial charge in [-0.1, -0.05) is 33.8 Å². The van der Waals surface area contributed by atoms with Crippen molar-refractivity contribution in [3.8, 4) is 0 Å². The molecule has 0 fully saturated rings. The van der Waals surface area contributed by atoms with E-state index in [1.165, 1.54) is 11.3 Å². The minimum atomic E-state index is 0.0786. The zero-order chi connectivity index (χ0) is 11.4. The molecule has 0 amide bonds. The van der Waals surface area contributed by atoms with Crippen LogP contribution in [0.15, 0.2) is 17.7 Å². The normalized spacial score (nSPS) is 11.9. The van der Waals surface area contributed by atoms with Gasteiger partial charge in [-0.2, -0.15) is 0 Å². The van der Waals surface area contributed by atoms with Crippen LogP contribution in [-0.2, 0) is 0 Å².